The summed E-state index contributed by atoms with van der Waals surface area (Å²) in [5.41, 5.74) is 5.25. The highest BCUT2D eigenvalue weighted by Gasteiger charge is 2.21. The molecule has 1 atom stereocenters. The van der Waals surface area contributed by atoms with Crippen molar-refractivity contribution in [3.63, 3.8) is 0 Å². The fourth-order valence-electron chi connectivity index (χ4n) is 2.95. The van der Waals surface area contributed by atoms with Gasteiger partial charge in [0.2, 0.25) is 0 Å². The number of benzene rings is 1. The lowest BCUT2D eigenvalue weighted by atomic mass is 9.94. The third kappa shape index (κ3) is 2.58. The van der Waals surface area contributed by atoms with E-state index in [1.807, 2.05) is 25.1 Å². The lowest BCUT2D eigenvalue weighted by Crippen LogP contribution is -2.05. The van der Waals surface area contributed by atoms with Crippen molar-refractivity contribution >= 4 is 11.6 Å². The number of aliphatic hydroxyl groups excluding tert-OH is 1. The van der Waals surface area contributed by atoms with E-state index in [0.717, 1.165) is 53.2 Å². The van der Waals surface area contributed by atoms with E-state index in [1.54, 1.807) is 0 Å². The maximum atomic E-state index is 10.3. The molecule has 104 valence electrons. The first-order valence-corrected chi connectivity index (χ1v) is 7.47. The fourth-order valence-corrected chi connectivity index (χ4v) is 3.14. The zero-order chi connectivity index (χ0) is 14.1. The topological polar surface area (TPSA) is 33.1 Å². The van der Waals surface area contributed by atoms with Crippen molar-refractivity contribution in [2.45, 2.75) is 38.7 Å². The van der Waals surface area contributed by atoms with Gasteiger partial charge < -0.3 is 5.11 Å². The molecule has 0 radical (unpaired) electrons. The monoisotopic (exact) mass is 287 g/mol. The van der Waals surface area contributed by atoms with Gasteiger partial charge in [-0.25, -0.2) is 0 Å². The molecule has 1 heterocycles. The quantitative estimate of drug-likeness (QED) is 0.785. The van der Waals surface area contributed by atoms with Crippen molar-refractivity contribution in [1.82, 2.24) is 4.98 Å². The van der Waals surface area contributed by atoms with E-state index < -0.39 is 6.10 Å². The molecule has 0 spiro atoms. The zero-order valence-corrected chi connectivity index (χ0v) is 12.3. The summed E-state index contributed by atoms with van der Waals surface area (Å²) in [6, 6.07) is 9.99. The van der Waals surface area contributed by atoms with Crippen LogP contribution in [0.3, 0.4) is 0 Å². The summed E-state index contributed by atoms with van der Waals surface area (Å²) in [5.74, 6) is 0. The molecule has 1 aromatic carbocycles. The number of pyridine rings is 1. The Morgan fingerprint density at radius 1 is 1.25 bits per heavy atom. The molecule has 0 amide bonds. The number of rotatable bonds is 1. The van der Waals surface area contributed by atoms with Crippen LogP contribution in [-0.2, 0) is 6.42 Å². The zero-order valence-electron chi connectivity index (χ0n) is 11.6. The minimum absolute atomic E-state index is 0.440. The van der Waals surface area contributed by atoms with Crippen molar-refractivity contribution in [3.05, 3.63) is 52.3 Å². The predicted octanol–water partition coefficient (Wildman–Crippen LogP) is 4.47. The minimum Gasteiger partial charge on any atom is -0.387 e. The first-order chi connectivity index (χ1) is 9.65. The van der Waals surface area contributed by atoms with Gasteiger partial charge in [0.1, 0.15) is 0 Å². The number of aryl methyl sites for hydroxylation is 1. The Balaban J connectivity index is 2.20. The van der Waals surface area contributed by atoms with Gasteiger partial charge in [-0.2, -0.15) is 0 Å². The Morgan fingerprint density at radius 2 is 2.10 bits per heavy atom. The number of hydrogen-bond donors (Lipinski definition) is 1. The Morgan fingerprint density at radius 3 is 2.90 bits per heavy atom. The summed E-state index contributed by atoms with van der Waals surface area (Å²) in [4.78, 5) is 4.58. The van der Waals surface area contributed by atoms with Crippen molar-refractivity contribution in [2.24, 2.45) is 0 Å². The van der Waals surface area contributed by atoms with E-state index in [9.17, 15) is 5.11 Å². The van der Waals surface area contributed by atoms with E-state index >= 15 is 0 Å². The molecular formula is C17H18ClNO. The highest BCUT2D eigenvalue weighted by atomic mass is 35.5. The van der Waals surface area contributed by atoms with E-state index in [0.29, 0.717) is 0 Å². The standard InChI is InChI=1S/C17H18ClNO/c1-11-9-15(12-5-4-6-13(18)10-12)14-7-2-3-8-16(20)17(14)19-11/h4-6,9-10,16,20H,2-3,7-8H2,1H3. The molecule has 0 fully saturated rings. The first-order valence-electron chi connectivity index (χ1n) is 7.09. The normalized spacial score (nSPS) is 18.4. The number of aliphatic hydroxyl groups is 1. The van der Waals surface area contributed by atoms with Crippen LogP contribution in [0, 0.1) is 6.92 Å². The number of aromatic nitrogens is 1. The van der Waals surface area contributed by atoms with Crippen molar-refractivity contribution in [3.8, 4) is 11.1 Å². The summed E-state index contributed by atoms with van der Waals surface area (Å²) >= 11 is 6.11. The average molecular weight is 288 g/mol. The summed E-state index contributed by atoms with van der Waals surface area (Å²) in [5, 5.41) is 11.0. The van der Waals surface area contributed by atoms with Gasteiger partial charge in [-0.3, -0.25) is 4.98 Å². The van der Waals surface area contributed by atoms with Crippen LogP contribution >= 0.6 is 11.6 Å². The molecule has 20 heavy (non-hydrogen) atoms. The summed E-state index contributed by atoms with van der Waals surface area (Å²) in [7, 11) is 0. The van der Waals surface area contributed by atoms with E-state index in [2.05, 4.69) is 17.1 Å². The highest BCUT2D eigenvalue weighted by molar-refractivity contribution is 6.30. The lowest BCUT2D eigenvalue weighted by Gasteiger charge is -2.16. The molecule has 3 heteroatoms. The Hall–Kier alpha value is -1.38. The van der Waals surface area contributed by atoms with Crippen LogP contribution in [0.1, 0.15) is 42.3 Å². The second kappa shape index (κ2) is 5.55. The van der Waals surface area contributed by atoms with Gasteiger partial charge in [-0.05, 0) is 61.1 Å². The van der Waals surface area contributed by atoms with Gasteiger partial charge in [0.05, 0.1) is 11.8 Å². The van der Waals surface area contributed by atoms with Crippen LogP contribution in [0.15, 0.2) is 30.3 Å². The number of fused-ring (bicyclic) bond motifs is 1. The fraction of sp³-hybridized carbons (Fsp3) is 0.353. The van der Waals surface area contributed by atoms with Crippen LogP contribution in [0.5, 0.6) is 0 Å². The maximum Gasteiger partial charge on any atom is 0.0962 e. The third-order valence-electron chi connectivity index (χ3n) is 3.89. The van der Waals surface area contributed by atoms with Crippen LogP contribution in [0.25, 0.3) is 11.1 Å². The molecule has 3 rings (SSSR count). The molecule has 1 aliphatic carbocycles. The second-order valence-electron chi connectivity index (χ2n) is 5.45. The molecule has 2 nitrogen and oxygen atoms in total. The van der Waals surface area contributed by atoms with Crippen molar-refractivity contribution in [2.75, 3.05) is 0 Å². The van der Waals surface area contributed by atoms with E-state index in [-0.39, 0.29) is 0 Å². The van der Waals surface area contributed by atoms with Gasteiger partial charge in [-0.1, -0.05) is 30.2 Å². The molecule has 0 saturated carbocycles. The number of halogens is 1. The lowest BCUT2D eigenvalue weighted by molar-refractivity contribution is 0.162. The van der Waals surface area contributed by atoms with Crippen molar-refractivity contribution in [1.29, 1.82) is 0 Å². The van der Waals surface area contributed by atoms with Crippen molar-refractivity contribution < 1.29 is 5.11 Å². The molecule has 0 bridgehead atoms. The van der Waals surface area contributed by atoms with Crippen LogP contribution in [-0.4, -0.2) is 10.1 Å². The maximum absolute atomic E-state index is 10.3. The minimum atomic E-state index is -0.440. The van der Waals surface area contributed by atoms with E-state index in [4.69, 9.17) is 11.6 Å². The molecule has 0 saturated heterocycles. The van der Waals surface area contributed by atoms with Gasteiger partial charge in [0.25, 0.3) is 0 Å². The smallest absolute Gasteiger partial charge is 0.0962 e. The largest absolute Gasteiger partial charge is 0.387 e. The Bertz CT molecular complexity index is 639. The van der Waals surface area contributed by atoms with Crippen LogP contribution < -0.4 is 0 Å². The summed E-state index contributed by atoms with van der Waals surface area (Å²) in [6.07, 6.45) is 3.48. The van der Waals surface area contributed by atoms with E-state index in [1.165, 1.54) is 5.56 Å². The van der Waals surface area contributed by atoms with Crippen LogP contribution in [0.2, 0.25) is 5.02 Å². The Kier molecular flexibility index (Phi) is 3.77. The molecule has 1 unspecified atom stereocenters. The predicted molar refractivity (Wildman–Crippen MR) is 81.9 cm³/mol. The number of hydrogen-bond acceptors (Lipinski definition) is 2. The molecule has 2 aromatic rings. The Labute approximate surface area is 124 Å². The third-order valence-corrected chi connectivity index (χ3v) is 4.13. The molecule has 1 N–H and O–H groups in total. The molecule has 1 aromatic heterocycles. The van der Waals surface area contributed by atoms with Crippen LogP contribution in [0.4, 0.5) is 0 Å². The SMILES string of the molecule is Cc1cc(-c2cccc(Cl)c2)c2c(n1)C(O)CCCC2. The van der Waals surface area contributed by atoms with Gasteiger partial charge in [0, 0.05) is 10.7 Å². The first kappa shape index (κ1) is 13.6. The van der Waals surface area contributed by atoms with Gasteiger partial charge in [-0.15, -0.1) is 0 Å². The highest BCUT2D eigenvalue weighted by Crippen LogP contribution is 2.35. The molecule has 0 aliphatic heterocycles. The number of nitrogens with zero attached hydrogens (tertiary/aromatic N) is 1. The summed E-state index contributed by atoms with van der Waals surface area (Å²) in [6.45, 7) is 1.98. The average Bonchev–Trinajstić information content (AvgIpc) is 2.61. The van der Waals surface area contributed by atoms with Gasteiger partial charge >= 0.3 is 0 Å². The second-order valence-corrected chi connectivity index (χ2v) is 5.88. The van der Waals surface area contributed by atoms with Gasteiger partial charge in [0.15, 0.2) is 0 Å². The molecule has 1 aliphatic rings. The molecular weight excluding hydrogens is 270 g/mol. The summed E-state index contributed by atoms with van der Waals surface area (Å²) < 4.78 is 0.